The van der Waals surface area contributed by atoms with Crippen LogP contribution in [-0.2, 0) is 4.79 Å². The van der Waals surface area contributed by atoms with E-state index in [2.05, 4.69) is 25.7 Å². The summed E-state index contributed by atoms with van der Waals surface area (Å²) in [4.78, 5) is 14.1. The van der Waals surface area contributed by atoms with Crippen LogP contribution in [0.3, 0.4) is 0 Å². The third-order valence-corrected chi connectivity index (χ3v) is 4.33. The summed E-state index contributed by atoms with van der Waals surface area (Å²) in [6.45, 7) is 8.73. The number of rotatable bonds is 2. The highest BCUT2D eigenvalue weighted by Crippen LogP contribution is 2.45. The van der Waals surface area contributed by atoms with E-state index in [4.69, 9.17) is 0 Å². The molecule has 1 amide bonds. The van der Waals surface area contributed by atoms with Gasteiger partial charge in [-0.05, 0) is 30.1 Å². The van der Waals surface area contributed by atoms with Gasteiger partial charge in [0.15, 0.2) is 0 Å². The fraction of sp³-hybridized carbons (Fsp3) is 0.929. The van der Waals surface area contributed by atoms with Gasteiger partial charge in [0.1, 0.15) is 0 Å². The molecule has 1 spiro atoms. The zero-order chi connectivity index (χ0) is 11.8. The van der Waals surface area contributed by atoms with E-state index in [1.807, 2.05) is 0 Å². The molecule has 16 heavy (non-hydrogen) atoms. The predicted molar refractivity (Wildman–Crippen MR) is 66.1 cm³/mol. The number of amides is 1. The molecule has 0 aromatic rings. The number of hydrogen-bond donors (Lipinski definition) is 0. The summed E-state index contributed by atoms with van der Waals surface area (Å²) in [5.41, 5.74) is 0.360. The molecular weight excluding hydrogens is 198 g/mol. The van der Waals surface area contributed by atoms with Gasteiger partial charge in [0, 0.05) is 19.5 Å². The lowest BCUT2D eigenvalue weighted by atomic mass is 9.70. The van der Waals surface area contributed by atoms with E-state index in [1.165, 1.54) is 25.7 Å². The lowest BCUT2D eigenvalue weighted by Gasteiger charge is -2.35. The molecule has 0 aromatic heterocycles. The molecule has 0 N–H and O–H groups in total. The van der Waals surface area contributed by atoms with Crippen LogP contribution < -0.4 is 0 Å². The molecule has 0 atom stereocenters. The van der Waals surface area contributed by atoms with Crippen molar-refractivity contribution in [2.75, 3.05) is 13.1 Å². The standard InChI is InChI=1S/C14H25NO/c1-11(2)9-15-10-14(8-13(15)16)6-4-12(3)5-7-14/h11-12H,4-10H2,1-3H3/t12-,14+. The van der Waals surface area contributed by atoms with Gasteiger partial charge in [0.25, 0.3) is 0 Å². The van der Waals surface area contributed by atoms with E-state index in [1.54, 1.807) is 0 Å². The third-order valence-electron chi connectivity index (χ3n) is 4.33. The van der Waals surface area contributed by atoms with Crippen LogP contribution in [0.1, 0.15) is 52.9 Å². The van der Waals surface area contributed by atoms with Gasteiger partial charge < -0.3 is 4.90 Å². The minimum atomic E-state index is 0.360. The molecule has 1 saturated carbocycles. The van der Waals surface area contributed by atoms with Gasteiger partial charge in [-0.1, -0.05) is 33.6 Å². The largest absolute Gasteiger partial charge is 0.342 e. The summed E-state index contributed by atoms with van der Waals surface area (Å²) in [6, 6.07) is 0. The van der Waals surface area contributed by atoms with Gasteiger partial charge in [0.05, 0.1) is 0 Å². The average Bonchev–Trinajstić information content (AvgIpc) is 2.49. The molecule has 92 valence electrons. The maximum atomic E-state index is 12.0. The molecule has 1 heterocycles. The highest BCUT2D eigenvalue weighted by Gasteiger charge is 2.44. The van der Waals surface area contributed by atoms with E-state index in [9.17, 15) is 4.79 Å². The van der Waals surface area contributed by atoms with Crippen molar-refractivity contribution in [1.29, 1.82) is 0 Å². The van der Waals surface area contributed by atoms with Gasteiger partial charge >= 0.3 is 0 Å². The molecule has 0 aromatic carbocycles. The normalized spacial score (nSPS) is 35.4. The smallest absolute Gasteiger partial charge is 0.223 e. The highest BCUT2D eigenvalue weighted by molar-refractivity contribution is 5.79. The second kappa shape index (κ2) is 4.38. The minimum absolute atomic E-state index is 0.360. The first kappa shape index (κ1) is 11.9. The Hall–Kier alpha value is -0.530. The van der Waals surface area contributed by atoms with Crippen molar-refractivity contribution < 1.29 is 4.79 Å². The fourth-order valence-corrected chi connectivity index (χ4v) is 3.30. The van der Waals surface area contributed by atoms with Crippen molar-refractivity contribution in [2.24, 2.45) is 17.3 Å². The summed E-state index contributed by atoms with van der Waals surface area (Å²) < 4.78 is 0. The maximum Gasteiger partial charge on any atom is 0.223 e. The van der Waals surface area contributed by atoms with Gasteiger partial charge in [-0.3, -0.25) is 4.79 Å². The van der Waals surface area contributed by atoms with E-state index >= 15 is 0 Å². The topological polar surface area (TPSA) is 20.3 Å². The highest BCUT2D eigenvalue weighted by atomic mass is 16.2. The summed E-state index contributed by atoms with van der Waals surface area (Å²) in [7, 11) is 0. The molecule has 1 saturated heterocycles. The molecule has 0 unspecified atom stereocenters. The molecule has 2 rings (SSSR count). The summed E-state index contributed by atoms with van der Waals surface area (Å²) in [6.07, 6.45) is 6.01. The van der Waals surface area contributed by atoms with E-state index in [0.717, 1.165) is 25.4 Å². The zero-order valence-electron chi connectivity index (χ0n) is 11.0. The molecular formula is C14H25NO. The van der Waals surface area contributed by atoms with E-state index in [0.29, 0.717) is 17.2 Å². The Morgan fingerprint density at radius 1 is 1.38 bits per heavy atom. The van der Waals surface area contributed by atoms with Gasteiger partial charge in [-0.2, -0.15) is 0 Å². The quantitative estimate of drug-likeness (QED) is 0.704. The van der Waals surface area contributed by atoms with Crippen molar-refractivity contribution >= 4 is 5.91 Å². The van der Waals surface area contributed by atoms with Gasteiger partial charge in [0.2, 0.25) is 5.91 Å². The molecule has 2 heteroatoms. The molecule has 0 bridgehead atoms. The van der Waals surface area contributed by atoms with Crippen molar-refractivity contribution in [3.8, 4) is 0 Å². The Bertz CT molecular complexity index is 264. The molecule has 2 fully saturated rings. The predicted octanol–water partition coefficient (Wildman–Crippen LogP) is 3.07. The van der Waals surface area contributed by atoms with Crippen LogP contribution in [0.4, 0.5) is 0 Å². The minimum Gasteiger partial charge on any atom is -0.342 e. The summed E-state index contributed by atoms with van der Waals surface area (Å²) in [5.74, 6) is 1.88. The van der Waals surface area contributed by atoms with Crippen molar-refractivity contribution in [3.05, 3.63) is 0 Å². The molecule has 1 aliphatic carbocycles. The number of nitrogens with zero attached hydrogens (tertiary/aromatic N) is 1. The number of carbonyl (C=O) groups is 1. The number of carbonyl (C=O) groups excluding carboxylic acids is 1. The first-order chi connectivity index (χ1) is 7.51. The Kier molecular flexibility index (Phi) is 3.27. The Balaban J connectivity index is 1.97. The van der Waals surface area contributed by atoms with Gasteiger partial charge in [-0.15, -0.1) is 0 Å². The first-order valence-corrected chi connectivity index (χ1v) is 6.78. The molecule has 2 aliphatic rings. The Morgan fingerprint density at radius 3 is 2.56 bits per heavy atom. The summed E-state index contributed by atoms with van der Waals surface area (Å²) >= 11 is 0. The van der Waals surface area contributed by atoms with Crippen LogP contribution in [0.2, 0.25) is 0 Å². The van der Waals surface area contributed by atoms with E-state index in [-0.39, 0.29) is 0 Å². The van der Waals surface area contributed by atoms with Crippen LogP contribution in [0.5, 0.6) is 0 Å². The van der Waals surface area contributed by atoms with Crippen molar-refractivity contribution in [1.82, 2.24) is 4.90 Å². The lowest BCUT2D eigenvalue weighted by molar-refractivity contribution is -0.128. The summed E-state index contributed by atoms with van der Waals surface area (Å²) in [5, 5.41) is 0. The van der Waals surface area contributed by atoms with Crippen LogP contribution in [0, 0.1) is 17.3 Å². The molecule has 2 nitrogen and oxygen atoms in total. The SMILES string of the molecule is CC(C)CN1C[C@]2(CC[C@@H](C)CC2)CC1=O. The monoisotopic (exact) mass is 223 g/mol. The van der Waals surface area contributed by atoms with E-state index < -0.39 is 0 Å². The molecule has 0 radical (unpaired) electrons. The molecule has 1 aliphatic heterocycles. The number of hydrogen-bond acceptors (Lipinski definition) is 1. The first-order valence-electron chi connectivity index (χ1n) is 6.78. The fourth-order valence-electron chi connectivity index (χ4n) is 3.30. The Labute approximate surface area is 99.4 Å². The lowest BCUT2D eigenvalue weighted by Crippen LogP contribution is -2.33. The second-order valence-corrected chi connectivity index (χ2v) is 6.53. The number of likely N-dealkylation sites (tertiary alicyclic amines) is 1. The van der Waals surface area contributed by atoms with Crippen LogP contribution >= 0.6 is 0 Å². The Morgan fingerprint density at radius 2 is 2.00 bits per heavy atom. The van der Waals surface area contributed by atoms with Crippen LogP contribution in [-0.4, -0.2) is 23.9 Å². The van der Waals surface area contributed by atoms with Crippen molar-refractivity contribution in [3.63, 3.8) is 0 Å². The second-order valence-electron chi connectivity index (χ2n) is 6.53. The van der Waals surface area contributed by atoms with Crippen molar-refractivity contribution in [2.45, 2.75) is 52.9 Å². The van der Waals surface area contributed by atoms with Crippen LogP contribution in [0.25, 0.3) is 0 Å². The van der Waals surface area contributed by atoms with Gasteiger partial charge in [-0.25, -0.2) is 0 Å². The van der Waals surface area contributed by atoms with Crippen LogP contribution in [0.15, 0.2) is 0 Å². The maximum absolute atomic E-state index is 12.0. The third kappa shape index (κ3) is 2.41. The average molecular weight is 223 g/mol. The zero-order valence-corrected chi connectivity index (χ0v) is 11.0.